The first-order chi connectivity index (χ1) is 17.1. The standard InChI is InChI=1S/C27H20Cl4N2O3/c1-16(26(35)18-8-4-3-5-9-18)27(30,31)33(17(2)34)20-11-6-10-19(14-20)24-15-23(32-36-24)25-21(28)12-7-13-22(25)29/h3-16H,1-2H3. The van der Waals surface area contributed by atoms with Gasteiger partial charge in [0.2, 0.25) is 10.4 Å². The van der Waals surface area contributed by atoms with Crippen LogP contribution in [0.5, 0.6) is 0 Å². The van der Waals surface area contributed by atoms with Crippen LogP contribution in [-0.4, -0.2) is 21.3 Å². The molecule has 0 saturated heterocycles. The maximum Gasteiger partial charge on any atom is 0.226 e. The minimum Gasteiger partial charge on any atom is -0.356 e. The van der Waals surface area contributed by atoms with Crippen LogP contribution in [0.15, 0.2) is 83.4 Å². The predicted molar refractivity (Wildman–Crippen MR) is 145 cm³/mol. The van der Waals surface area contributed by atoms with Crippen molar-refractivity contribution in [2.75, 3.05) is 4.90 Å². The normalized spacial score (nSPS) is 12.3. The van der Waals surface area contributed by atoms with E-state index in [4.69, 9.17) is 50.9 Å². The number of carbonyl (C=O) groups excluding carboxylic acids is 2. The van der Waals surface area contributed by atoms with E-state index in [1.165, 1.54) is 11.8 Å². The number of amides is 1. The predicted octanol–water partition coefficient (Wildman–Crippen LogP) is 8.32. The first-order valence-electron chi connectivity index (χ1n) is 10.9. The number of alkyl halides is 2. The van der Waals surface area contributed by atoms with Crippen LogP contribution < -0.4 is 4.90 Å². The summed E-state index contributed by atoms with van der Waals surface area (Å²) >= 11 is 26.1. The van der Waals surface area contributed by atoms with Crippen LogP contribution in [0, 0.1) is 5.92 Å². The molecule has 0 aliphatic carbocycles. The first kappa shape index (κ1) is 26.2. The second-order valence-corrected chi connectivity index (χ2v) is 10.3. The highest BCUT2D eigenvalue weighted by molar-refractivity contribution is 6.52. The molecule has 0 N–H and O–H groups in total. The highest BCUT2D eigenvalue weighted by atomic mass is 35.5. The van der Waals surface area contributed by atoms with E-state index >= 15 is 0 Å². The van der Waals surface area contributed by atoms with Crippen molar-refractivity contribution in [3.05, 3.63) is 94.5 Å². The molecule has 0 fully saturated rings. The Kier molecular flexibility index (Phi) is 7.76. The summed E-state index contributed by atoms with van der Waals surface area (Å²) in [6.07, 6.45) is 0. The van der Waals surface area contributed by atoms with Gasteiger partial charge in [0.25, 0.3) is 0 Å². The average Bonchev–Trinajstić information content (AvgIpc) is 3.33. The largest absolute Gasteiger partial charge is 0.356 e. The molecule has 9 heteroatoms. The molecule has 3 aromatic carbocycles. The topological polar surface area (TPSA) is 63.4 Å². The zero-order valence-corrected chi connectivity index (χ0v) is 22.2. The fourth-order valence-electron chi connectivity index (χ4n) is 3.84. The summed E-state index contributed by atoms with van der Waals surface area (Å²) in [5.41, 5.74) is 2.44. The summed E-state index contributed by atoms with van der Waals surface area (Å²) in [6, 6.07) is 22.4. The van der Waals surface area contributed by atoms with Gasteiger partial charge in [-0.05, 0) is 24.3 Å². The van der Waals surface area contributed by atoms with Crippen LogP contribution >= 0.6 is 46.4 Å². The lowest BCUT2D eigenvalue weighted by atomic mass is 9.97. The second kappa shape index (κ2) is 10.7. The van der Waals surface area contributed by atoms with Crippen LogP contribution in [0.4, 0.5) is 5.69 Å². The molecule has 5 nitrogen and oxygen atoms in total. The number of halogens is 4. The van der Waals surface area contributed by atoms with E-state index in [0.29, 0.717) is 43.9 Å². The first-order valence-corrected chi connectivity index (χ1v) is 12.4. The molecule has 1 unspecified atom stereocenters. The van der Waals surface area contributed by atoms with E-state index in [1.54, 1.807) is 85.8 Å². The Morgan fingerprint density at radius 1 is 0.917 bits per heavy atom. The Morgan fingerprint density at radius 3 is 2.19 bits per heavy atom. The highest BCUT2D eigenvalue weighted by Crippen LogP contribution is 2.41. The van der Waals surface area contributed by atoms with Gasteiger partial charge in [0, 0.05) is 35.4 Å². The molecule has 1 heterocycles. The number of hydrogen-bond acceptors (Lipinski definition) is 4. The Hall–Kier alpha value is -2.83. The Bertz CT molecular complexity index is 1400. The molecule has 0 aliphatic rings. The maximum absolute atomic E-state index is 13.1. The number of nitrogens with zero attached hydrogens (tertiary/aromatic N) is 2. The smallest absolute Gasteiger partial charge is 0.226 e. The third-order valence-corrected chi connectivity index (χ3v) is 7.33. The summed E-state index contributed by atoms with van der Waals surface area (Å²) in [5.74, 6) is -1.25. The fraction of sp³-hybridized carbons (Fsp3) is 0.148. The van der Waals surface area contributed by atoms with Crippen molar-refractivity contribution in [3.63, 3.8) is 0 Å². The van der Waals surface area contributed by atoms with Gasteiger partial charge in [0.05, 0.1) is 16.0 Å². The van der Waals surface area contributed by atoms with Gasteiger partial charge in [-0.25, -0.2) is 0 Å². The Labute approximate surface area is 228 Å². The molecule has 4 aromatic rings. The average molecular weight is 562 g/mol. The fourth-order valence-corrected chi connectivity index (χ4v) is 5.06. The molecular weight excluding hydrogens is 542 g/mol. The lowest BCUT2D eigenvalue weighted by molar-refractivity contribution is -0.117. The number of ketones is 1. The monoisotopic (exact) mass is 560 g/mol. The molecule has 0 radical (unpaired) electrons. The lowest BCUT2D eigenvalue weighted by Gasteiger charge is -2.37. The second-order valence-electron chi connectivity index (χ2n) is 8.12. The maximum atomic E-state index is 13.1. The molecule has 4 rings (SSSR count). The van der Waals surface area contributed by atoms with Gasteiger partial charge in [-0.1, -0.05) is 107 Å². The van der Waals surface area contributed by atoms with Crippen molar-refractivity contribution in [3.8, 4) is 22.6 Å². The molecule has 0 saturated carbocycles. The molecule has 0 spiro atoms. The molecule has 0 aliphatic heterocycles. The van der Waals surface area contributed by atoms with Crippen LogP contribution in [0.2, 0.25) is 10.0 Å². The van der Waals surface area contributed by atoms with Crippen LogP contribution in [-0.2, 0) is 4.79 Å². The minimum atomic E-state index is -1.87. The number of aromatic nitrogens is 1. The van der Waals surface area contributed by atoms with Gasteiger partial charge in [0.15, 0.2) is 11.5 Å². The van der Waals surface area contributed by atoms with Crippen molar-refractivity contribution in [1.82, 2.24) is 5.16 Å². The van der Waals surface area contributed by atoms with Crippen LogP contribution in [0.3, 0.4) is 0 Å². The summed E-state index contributed by atoms with van der Waals surface area (Å²) < 4.78 is 3.68. The van der Waals surface area contributed by atoms with Gasteiger partial charge in [-0.3, -0.25) is 14.5 Å². The van der Waals surface area contributed by atoms with Crippen molar-refractivity contribution < 1.29 is 14.1 Å². The highest BCUT2D eigenvalue weighted by Gasteiger charge is 2.44. The lowest BCUT2D eigenvalue weighted by Crippen LogP contribution is -2.50. The SMILES string of the molecule is CC(=O)N(c1cccc(-c2cc(-c3c(Cl)cccc3Cl)no2)c1)C(Cl)(Cl)C(C)C(=O)c1ccccc1. The number of carbonyl (C=O) groups is 2. The number of rotatable bonds is 7. The van der Waals surface area contributed by atoms with E-state index in [-0.39, 0.29) is 5.78 Å². The van der Waals surface area contributed by atoms with Crippen LogP contribution in [0.1, 0.15) is 24.2 Å². The molecule has 1 atom stereocenters. The molecule has 1 amide bonds. The molecule has 184 valence electrons. The van der Waals surface area contributed by atoms with Gasteiger partial charge in [-0.2, -0.15) is 0 Å². The molecule has 1 aromatic heterocycles. The third kappa shape index (κ3) is 5.16. The van der Waals surface area contributed by atoms with Crippen molar-refractivity contribution >= 4 is 63.8 Å². The van der Waals surface area contributed by atoms with Crippen molar-refractivity contribution in [1.29, 1.82) is 0 Å². The van der Waals surface area contributed by atoms with E-state index in [2.05, 4.69) is 5.16 Å². The summed E-state index contributed by atoms with van der Waals surface area (Å²) in [5, 5.41) is 4.98. The van der Waals surface area contributed by atoms with Gasteiger partial charge >= 0.3 is 0 Å². The van der Waals surface area contributed by atoms with Gasteiger partial charge < -0.3 is 4.52 Å². The van der Waals surface area contributed by atoms with Crippen LogP contribution in [0.25, 0.3) is 22.6 Å². The number of hydrogen-bond donors (Lipinski definition) is 0. The van der Waals surface area contributed by atoms with E-state index in [9.17, 15) is 9.59 Å². The number of anilines is 1. The zero-order valence-electron chi connectivity index (χ0n) is 19.2. The minimum absolute atomic E-state index is 0.292. The summed E-state index contributed by atoms with van der Waals surface area (Å²) in [4.78, 5) is 27.0. The third-order valence-electron chi connectivity index (χ3n) is 5.70. The molecule has 36 heavy (non-hydrogen) atoms. The number of Topliss-reactive ketones (excluding diaryl/α,β-unsaturated/α-hetero) is 1. The van der Waals surface area contributed by atoms with E-state index in [1.807, 2.05) is 0 Å². The molecular formula is C27H20Cl4N2O3. The Balaban J connectivity index is 1.69. The van der Waals surface area contributed by atoms with Crippen molar-refractivity contribution in [2.45, 2.75) is 18.3 Å². The Morgan fingerprint density at radius 2 is 1.56 bits per heavy atom. The van der Waals surface area contributed by atoms with E-state index in [0.717, 1.165) is 0 Å². The van der Waals surface area contributed by atoms with E-state index < -0.39 is 16.3 Å². The van der Waals surface area contributed by atoms with Gasteiger partial charge in [-0.15, -0.1) is 0 Å². The summed E-state index contributed by atoms with van der Waals surface area (Å²) in [7, 11) is 0. The van der Waals surface area contributed by atoms with Crippen molar-refractivity contribution in [2.24, 2.45) is 5.92 Å². The quantitative estimate of drug-likeness (QED) is 0.129. The zero-order chi connectivity index (χ0) is 26.0. The van der Waals surface area contributed by atoms with Gasteiger partial charge in [0.1, 0.15) is 5.69 Å². The number of benzene rings is 3. The molecule has 0 bridgehead atoms. The summed E-state index contributed by atoms with van der Waals surface area (Å²) in [6.45, 7) is 2.92.